The Kier molecular flexibility index (Phi) is 4.46. The predicted octanol–water partition coefficient (Wildman–Crippen LogP) is 1.94. The summed E-state index contributed by atoms with van der Waals surface area (Å²) in [6, 6.07) is 0. The predicted molar refractivity (Wildman–Crippen MR) is 74.6 cm³/mol. The second kappa shape index (κ2) is 5.45. The fourth-order valence-electron chi connectivity index (χ4n) is 1.82. The smallest absolute Gasteiger partial charge is 0.236 e. The Morgan fingerprint density at radius 3 is 2.71 bits per heavy atom. The Labute approximate surface area is 108 Å². The van der Waals surface area contributed by atoms with E-state index in [-0.39, 0.29) is 6.54 Å². The van der Waals surface area contributed by atoms with Gasteiger partial charge in [-0.05, 0) is 17.8 Å². The molecule has 0 saturated heterocycles. The van der Waals surface area contributed by atoms with Gasteiger partial charge in [-0.3, -0.25) is 4.79 Å². The van der Waals surface area contributed by atoms with E-state index < -0.39 is 5.91 Å². The summed E-state index contributed by atoms with van der Waals surface area (Å²) in [6.07, 6.45) is 7.39. The molecule has 3 N–H and O–H groups in total. The Morgan fingerprint density at radius 2 is 2.18 bits per heavy atom. The third-order valence-electron chi connectivity index (χ3n) is 2.45. The normalized spacial score (nSPS) is 19.0. The van der Waals surface area contributed by atoms with Gasteiger partial charge in [-0.25, -0.2) is 0 Å². The summed E-state index contributed by atoms with van der Waals surface area (Å²) in [7, 11) is 0. The standard InChI is InChI=1S/C13H20N2OS/c1-13(2,3)7-9-4-5-10(6-9)12(17)15-8-11(14)16/h4-6,9H,7-8H2,1-3H3,(H2,14,16)(H,15,17). The lowest BCUT2D eigenvalue weighted by Gasteiger charge is -2.20. The molecule has 1 aliphatic carbocycles. The molecule has 1 atom stereocenters. The zero-order valence-electron chi connectivity index (χ0n) is 10.6. The molecule has 1 rings (SSSR count). The fourth-order valence-corrected chi connectivity index (χ4v) is 2.03. The Bertz CT molecular complexity index is 377. The fraction of sp³-hybridized carbons (Fsp3) is 0.538. The lowest BCUT2D eigenvalue weighted by molar-refractivity contribution is -0.116. The average Bonchev–Trinajstić information content (AvgIpc) is 2.59. The zero-order chi connectivity index (χ0) is 13.1. The molecule has 94 valence electrons. The first-order valence-electron chi connectivity index (χ1n) is 5.74. The Hall–Kier alpha value is -1.16. The maximum absolute atomic E-state index is 10.6. The molecular formula is C13H20N2OS. The van der Waals surface area contributed by atoms with Gasteiger partial charge in [0.2, 0.25) is 5.91 Å². The van der Waals surface area contributed by atoms with Gasteiger partial charge in [0.15, 0.2) is 0 Å². The van der Waals surface area contributed by atoms with Crippen LogP contribution in [0.15, 0.2) is 23.8 Å². The number of hydrogen-bond acceptors (Lipinski definition) is 2. The minimum atomic E-state index is -0.402. The van der Waals surface area contributed by atoms with E-state index in [1.807, 2.05) is 6.08 Å². The first-order valence-corrected chi connectivity index (χ1v) is 6.15. The number of rotatable bonds is 4. The minimum absolute atomic E-state index is 0.0912. The van der Waals surface area contributed by atoms with Crippen molar-refractivity contribution in [3.8, 4) is 0 Å². The summed E-state index contributed by atoms with van der Waals surface area (Å²) < 4.78 is 0. The maximum Gasteiger partial charge on any atom is 0.236 e. The van der Waals surface area contributed by atoms with Crippen molar-refractivity contribution in [1.29, 1.82) is 0 Å². The monoisotopic (exact) mass is 252 g/mol. The number of carbonyl (C=O) groups is 1. The molecule has 1 aliphatic rings. The van der Waals surface area contributed by atoms with Gasteiger partial charge in [0.05, 0.1) is 6.54 Å². The molecule has 0 aromatic rings. The number of hydrogen-bond donors (Lipinski definition) is 2. The van der Waals surface area contributed by atoms with Gasteiger partial charge in [-0.1, -0.05) is 51.2 Å². The Morgan fingerprint density at radius 1 is 1.53 bits per heavy atom. The molecule has 0 aromatic carbocycles. The molecule has 0 radical (unpaired) electrons. The van der Waals surface area contributed by atoms with Crippen molar-refractivity contribution >= 4 is 23.1 Å². The van der Waals surface area contributed by atoms with Gasteiger partial charge in [-0.2, -0.15) is 0 Å². The van der Waals surface area contributed by atoms with Gasteiger partial charge < -0.3 is 11.1 Å². The van der Waals surface area contributed by atoms with Crippen LogP contribution in [0.3, 0.4) is 0 Å². The lowest BCUT2D eigenvalue weighted by Crippen LogP contribution is -2.32. The van der Waals surface area contributed by atoms with Crippen molar-refractivity contribution in [2.24, 2.45) is 17.1 Å². The van der Waals surface area contributed by atoms with Crippen molar-refractivity contribution in [2.75, 3.05) is 6.54 Å². The third-order valence-corrected chi connectivity index (χ3v) is 2.83. The molecular weight excluding hydrogens is 232 g/mol. The summed E-state index contributed by atoms with van der Waals surface area (Å²) in [5, 5.41) is 2.84. The summed E-state index contributed by atoms with van der Waals surface area (Å²) >= 11 is 5.19. The maximum atomic E-state index is 10.6. The molecule has 1 unspecified atom stereocenters. The second-order valence-corrected chi connectivity index (χ2v) is 5.97. The number of thiocarbonyl (C=S) groups is 1. The van der Waals surface area contributed by atoms with Crippen molar-refractivity contribution in [2.45, 2.75) is 27.2 Å². The average molecular weight is 252 g/mol. The van der Waals surface area contributed by atoms with E-state index in [1.54, 1.807) is 0 Å². The highest BCUT2D eigenvalue weighted by Gasteiger charge is 2.19. The molecule has 0 fully saturated rings. The van der Waals surface area contributed by atoms with E-state index in [9.17, 15) is 4.79 Å². The van der Waals surface area contributed by atoms with Crippen LogP contribution in [0.4, 0.5) is 0 Å². The van der Waals surface area contributed by atoms with Crippen molar-refractivity contribution in [3.63, 3.8) is 0 Å². The zero-order valence-corrected chi connectivity index (χ0v) is 11.4. The van der Waals surface area contributed by atoms with Crippen molar-refractivity contribution in [3.05, 3.63) is 23.8 Å². The topological polar surface area (TPSA) is 55.1 Å². The summed E-state index contributed by atoms with van der Waals surface area (Å²) in [6.45, 7) is 6.75. The highest BCUT2D eigenvalue weighted by Crippen LogP contribution is 2.29. The first kappa shape index (κ1) is 13.9. The number of carbonyl (C=O) groups excluding carboxylic acids is 1. The van der Waals surface area contributed by atoms with Gasteiger partial charge in [-0.15, -0.1) is 0 Å². The van der Waals surface area contributed by atoms with E-state index in [4.69, 9.17) is 18.0 Å². The van der Waals surface area contributed by atoms with Crippen molar-refractivity contribution < 1.29 is 4.79 Å². The van der Waals surface area contributed by atoms with Gasteiger partial charge >= 0.3 is 0 Å². The van der Waals surface area contributed by atoms with Crippen LogP contribution in [-0.2, 0) is 4.79 Å². The number of amides is 1. The van der Waals surface area contributed by atoms with Crippen LogP contribution in [-0.4, -0.2) is 17.4 Å². The lowest BCUT2D eigenvalue weighted by atomic mass is 9.85. The van der Waals surface area contributed by atoms with E-state index in [2.05, 4.69) is 38.2 Å². The van der Waals surface area contributed by atoms with Crippen LogP contribution in [0.1, 0.15) is 27.2 Å². The third kappa shape index (κ3) is 5.13. The van der Waals surface area contributed by atoms with E-state index in [1.165, 1.54) is 0 Å². The van der Waals surface area contributed by atoms with Crippen LogP contribution in [0.2, 0.25) is 0 Å². The van der Waals surface area contributed by atoms with Crippen LogP contribution in [0.25, 0.3) is 0 Å². The highest BCUT2D eigenvalue weighted by molar-refractivity contribution is 7.80. The number of nitrogens with two attached hydrogens (primary N) is 1. The van der Waals surface area contributed by atoms with Gasteiger partial charge in [0, 0.05) is 5.57 Å². The number of nitrogens with one attached hydrogen (secondary N) is 1. The van der Waals surface area contributed by atoms with Crippen LogP contribution in [0, 0.1) is 11.3 Å². The van der Waals surface area contributed by atoms with E-state index in [0.717, 1.165) is 12.0 Å². The largest absolute Gasteiger partial charge is 0.368 e. The molecule has 0 spiro atoms. The molecule has 3 nitrogen and oxygen atoms in total. The Balaban J connectivity index is 2.52. The molecule has 0 saturated carbocycles. The van der Waals surface area contributed by atoms with Crippen LogP contribution >= 0.6 is 12.2 Å². The summed E-state index contributed by atoms with van der Waals surface area (Å²) in [5.74, 6) is 0.0273. The minimum Gasteiger partial charge on any atom is -0.368 e. The summed E-state index contributed by atoms with van der Waals surface area (Å²) in [5.41, 5.74) is 6.33. The highest BCUT2D eigenvalue weighted by atomic mass is 32.1. The van der Waals surface area contributed by atoms with Crippen LogP contribution < -0.4 is 11.1 Å². The molecule has 0 aromatic heterocycles. The van der Waals surface area contributed by atoms with E-state index in [0.29, 0.717) is 16.3 Å². The van der Waals surface area contributed by atoms with Gasteiger partial charge in [0.25, 0.3) is 0 Å². The molecule has 17 heavy (non-hydrogen) atoms. The number of primary amides is 1. The van der Waals surface area contributed by atoms with Crippen LogP contribution in [0.5, 0.6) is 0 Å². The summed E-state index contributed by atoms with van der Waals surface area (Å²) in [4.78, 5) is 11.2. The molecule has 4 heteroatoms. The SMILES string of the molecule is CC(C)(C)CC1C=CC(C(=S)NCC(N)=O)=C1. The quantitative estimate of drug-likeness (QED) is 0.752. The van der Waals surface area contributed by atoms with E-state index >= 15 is 0 Å². The molecule has 1 amide bonds. The molecule has 0 aliphatic heterocycles. The number of allylic oxidation sites excluding steroid dienone is 2. The van der Waals surface area contributed by atoms with Crippen molar-refractivity contribution in [1.82, 2.24) is 5.32 Å². The second-order valence-electron chi connectivity index (χ2n) is 5.56. The molecule has 0 heterocycles. The van der Waals surface area contributed by atoms with Gasteiger partial charge in [0.1, 0.15) is 4.99 Å². The molecule has 0 bridgehead atoms. The first-order chi connectivity index (χ1) is 7.78.